The Kier molecular flexibility index (Phi) is 3.63. The SMILES string of the molecule is O=S(=O)(Oc1ccc2c(c1)CCC2)c1cc(F)ccc1Cl. The molecule has 0 aromatic heterocycles. The van der Waals surface area contributed by atoms with E-state index in [4.69, 9.17) is 15.8 Å². The average Bonchev–Trinajstić information content (AvgIpc) is 2.88. The van der Waals surface area contributed by atoms with Gasteiger partial charge in [-0.15, -0.1) is 0 Å². The van der Waals surface area contributed by atoms with Crippen LogP contribution in [0.3, 0.4) is 0 Å². The Morgan fingerprint density at radius 1 is 1.05 bits per heavy atom. The summed E-state index contributed by atoms with van der Waals surface area (Å²) in [5.41, 5.74) is 2.30. The van der Waals surface area contributed by atoms with Crippen molar-refractivity contribution in [2.24, 2.45) is 0 Å². The molecule has 110 valence electrons. The van der Waals surface area contributed by atoms with Crippen LogP contribution in [0, 0.1) is 5.82 Å². The summed E-state index contributed by atoms with van der Waals surface area (Å²) in [6.45, 7) is 0. The van der Waals surface area contributed by atoms with Crippen molar-refractivity contribution in [3.8, 4) is 5.75 Å². The van der Waals surface area contributed by atoms with Crippen LogP contribution in [-0.4, -0.2) is 8.42 Å². The maximum atomic E-state index is 13.2. The molecule has 0 spiro atoms. The Bertz CT molecular complexity index is 803. The van der Waals surface area contributed by atoms with Crippen LogP contribution >= 0.6 is 11.6 Å². The van der Waals surface area contributed by atoms with Crippen LogP contribution in [0.1, 0.15) is 17.5 Å². The van der Waals surface area contributed by atoms with Crippen LogP contribution in [-0.2, 0) is 23.0 Å². The first kappa shape index (κ1) is 14.4. The van der Waals surface area contributed by atoms with E-state index in [0.717, 1.165) is 37.0 Å². The van der Waals surface area contributed by atoms with Gasteiger partial charge in [0.25, 0.3) is 0 Å². The second-order valence-corrected chi connectivity index (χ2v) is 6.82. The van der Waals surface area contributed by atoms with Gasteiger partial charge in [0.2, 0.25) is 0 Å². The van der Waals surface area contributed by atoms with Gasteiger partial charge >= 0.3 is 10.1 Å². The van der Waals surface area contributed by atoms with Crippen molar-refractivity contribution < 1.29 is 17.0 Å². The Balaban J connectivity index is 1.94. The molecule has 0 amide bonds. The van der Waals surface area contributed by atoms with Crippen LogP contribution < -0.4 is 4.18 Å². The summed E-state index contributed by atoms with van der Waals surface area (Å²) in [5.74, 6) is -0.466. The number of aryl methyl sites for hydroxylation is 2. The van der Waals surface area contributed by atoms with Gasteiger partial charge in [0.1, 0.15) is 16.5 Å². The molecule has 0 bridgehead atoms. The maximum Gasteiger partial charge on any atom is 0.340 e. The van der Waals surface area contributed by atoms with E-state index in [1.807, 2.05) is 6.07 Å². The molecule has 2 aromatic carbocycles. The minimum absolute atomic E-state index is 0.0717. The number of fused-ring (bicyclic) bond motifs is 1. The van der Waals surface area contributed by atoms with Gasteiger partial charge in [-0.2, -0.15) is 8.42 Å². The van der Waals surface area contributed by atoms with Crippen molar-refractivity contribution >= 4 is 21.7 Å². The lowest BCUT2D eigenvalue weighted by molar-refractivity contribution is 0.484. The van der Waals surface area contributed by atoms with Crippen LogP contribution in [0.2, 0.25) is 5.02 Å². The minimum atomic E-state index is -4.16. The topological polar surface area (TPSA) is 43.4 Å². The lowest BCUT2D eigenvalue weighted by Gasteiger charge is -2.10. The second-order valence-electron chi connectivity index (χ2n) is 4.90. The third kappa shape index (κ3) is 2.89. The fourth-order valence-corrected chi connectivity index (χ4v) is 3.85. The molecule has 0 aliphatic heterocycles. The van der Waals surface area contributed by atoms with Gasteiger partial charge in [-0.05, 0) is 60.7 Å². The van der Waals surface area contributed by atoms with Crippen LogP contribution in [0.15, 0.2) is 41.3 Å². The molecule has 21 heavy (non-hydrogen) atoms. The highest BCUT2D eigenvalue weighted by molar-refractivity contribution is 7.87. The smallest absolute Gasteiger partial charge is 0.340 e. The van der Waals surface area contributed by atoms with Crippen molar-refractivity contribution in [3.63, 3.8) is 0 Å². The Morgan fingerprint density at radius 3 is 2.62 bits per heavy atom. The number of rotatable bonds is 3. The third-order valence-electron chi connectivity index (χ3n) is 3.44. The summed E-state index contributed by atoms with van der Waals surface area (Å²) < 4.78 is 42.7. The first-order valence-corrected chi connectivity index (χ1v) is 8.26. The summed E-state index contributed by atoms with van der Waals surface area (Å²) in [6.07, 6.45) is 2.96. The van der Waals surface area contributed by atoms with Gasteiger partial charge in [-0.1, -0.05) is 17.7 Å². The van der Waals surface area contributed by atoms with E-state index < -0.39 is 15.9 Å². The molecule has 1 aliphatic carbocycles. The van der Waals surface area contributed by atoms with Gasteiger partial charge in [0.15, 0.2) is 0 Å². The summed E-state index contributed by atoms with van der Waals surface area (Å²) in [4.78, 5) is -0.371. The third-order valence-corrected chi connectivity index (χ3v) is 5.17. The van der Waals surface area contributed by atoms with Crippen LogP contribution in [0.25, 0.3) is 0 Å². The molecule has 0 heterocycles. The van der Waals surface area contributed by atoms with E-state index in [9.17, 15) is 12.8 Å². The molecule has 6 heteroatoms. The number of benzene rings is 2. The van der Waals surface area contributed by atoms with E-state index in [0.29, 0.717) is 0 Å². The first-order valence-electron chi connectivity index (χ1n) is 6.47. The zero-order chi connectivity index (χ0) is 15.0. The van der Waals surface area contributed by atoms with Crippen molar-refractivity contribution in [1.82, 2.24) is 0 Å². The molecular formula is C15H12ClFO3S. The van der Waals surface area contributed by atoms with Crippen molar-refractivity contribution in [2.75, 3.05) is 0 Å². The van der Waals surface area contributed by atoms with Gasteiger partial charge in [-0.25, -0.2) is 4.39 Å². The zero-order valence-corrected chi connectivity index (χ0v) is 12.5. The molecule has 0 atom stereocenters. The highest BCUT2D eigenvalue weighted by Crippen LogP contribution is 2.29. The predicted octanol–water partition coefficient (Wildman–Crippen LogP) is 3.74. The van der Waals surface area contributed by atoms with E-state index in [2.05, 4.69) is 0 Å². The van der Waals surface area contributed by atoms with E-state index in [1.165, 1.54) is 11.6 Å². The first-order chi connectivity index (χ1) is 9.95. The quantitative estimate of drug-likeness (QED) is 0.807. The van der Waals surface area contributed by atoms with Crippen LogP contribution in [0.5, 0.6) is 5.75 Å². The fourth-order valence-electron chi connectivity index (χ4n) is 2.44. The average molecular weight is 327 g/mol. The molecule has 1 aliphatic rings. The summed E-state index contributed by atoms with van der Waals surface area (Å²) in [6, 6.07) is 8.32. The lowest BCUT2D eigenvalue weighted by atomic mass is 10.1. The summed E-state index contributed by atoms with van der Waals surface area (Å²) in [7, 11) is -4.16. The predicted molar refractivity (Wildman–Crippen MR) is 77.7 cm³/mol. The van der Waals surface area contributed by atoms with Gasteiger partial charge in [-0.3, -0.25) is 0 Å². The van der Waals surface area contributed by atoms with Gasteiger partial charge in [0.05, 0.1) is 5.02 Å². The van der Waals surface area contributed by atoms with Crippen molar-refractivity contribution in [1.29, 1.82) is 0 Å². The minimum Gasteiger partial charge on any atom is -0.379 e. The van der Waals surface area contributed by atoms with Gasteiger partial charge < -0.3 is 4.18 Å². The van der Waals surface area contributed by atoms with E-state index in [-0.39, 0.29) is 15.7 Å². The summed E-state index contributed by atoms with van der Waals surface area (Å²) >= 11 is 5.81. The Labute approximate surface area is 127 Å². The fraction of sp³-hybridized carbons (Fsp3) is 0.200. The molecular weight excluding hydrogens is 315 g/mol. The van der Waals surface area contributed by atoms with Crippen LogP contribution in [0.4, 0.5) is 4.39 Å². The second kappa shape index (κ2) is 5.31. The molecule has 3 nitrogen and oxygen atoms in total. The Hall–Kier alpha value is -1.59. The molecule has 0 fully saturated rings. The van der Waals surface area contributed by atoms with Crippen molar-refractivity contribution in [3.05, 3.63) is 58.4 Å². The molecule has 0 N–H and O–H groups in total. The number of halogens is 2. The molecule has 0 unspecified atom stereocenters. The number of hydrogen-bond acceptors (Lipinski definition) is 3. The largest absolute Gasteiger partial charge is 0.379 e. The molecule has 0 saturated heterocycles. The summed E-state index contributed by atoms with van der Waals surface area (Å²) in [5, 5.41) is -0.0717. The highest BCUT2D eigenvalue weighted by Gasteiger charge is 2.22. The van der Waals surface area contributed by atoms with Crippen molar-refractivity contribution in [2.45, 2.75) is 24.2 Å². The monoisotopic (exact) mass is 326 g/mol. The van der Waals surface area contributed by atoms with Gasteiger partial charge in [0, 0.05) is 0 Å². The Morgan fingerprint density at radius 2 is 1.81 bits per heavy atom. The highest BCUT2D eigenvalue weighted by atomic mass is 35.5. The maximum absolute atomic E-state index is 13.2. The zero-order valence-electron chi connectivity index (χ0n) is 11.0. The molecule has 0 saturated carbocycles. The number of hydrogen-bond donors (Lipinski definition) is 0. The standard InChI is InChI=1S/C15H12ClFO3S/c16-14-7-5-12(17)9-15(14)21(18,19)20-13-6-4-10-2-1-3-11(10)8-13/h4-9H,1-3H2. The molecule has 2 aromatic rings. The lowest BCUT2D eigenvalue weighted by Crippen LogP contribution is -2.11. The molecule has 0 radical (unpaired) electrons. The molecule has 3 rings (SSSR count). The van der Waals surface area contributed by atoms with E-state index in [1.54, 1.807) is 12.1 Å². The van der Waals surface area contributed by atoms with E-state index >= 15 is 0 Å². The normalized spacial score (nSPS) is 14.0.